The van der Waals surface area contributed by atoms with Gasteiger partial charge in [-0.05, 0) is 30.4 Å². The second kappa shape index (κ2) is 6.99. The second-order valence-corrected chi connectivity index (χ2v) is 9.73. The van der Waals surface area contributed by atoms with E-state index in [4.69, 9.17) is 4.74 Å². The molecule has 0 bridgehead atoms. The Bertz CT molecular complexity index is 1030. The molecule has 7 nitrogen and oxygen atoms in total. The van der Waals surface area contributed by atoms with E-state index in [2.05, 4.69) is 46.8 Å². The van der Waals surface area contributed by atoms with E-state index in [0.717, 1.165) is 45.3 Å². The molecule has 0 N–H and O–H groups in total. The molecule has 1 spiro atoms. The topological polar surface area (TPSA) is 58.0 Å². The van der Waals surface area contributed by atoms with Gasteiger partial charge in [0.25, 0.3) is 0 Å². The number of rotatable bonds is 3. The average molecular weight is 423 g/mol. The van der Waals surface area contributed by atoms with Gasteiger partial charge >= 0.3 is 6.09 Å². The van der Waals surface area contributed by atoms with Crippen molar-refractivity contribution < 1.29 is 14.3 Å². The molecule has 6 rings (SSSR count). The number of carbonyl (C=O) groups is 2. The number of aromatic nitrogens is 1. The van der Waals surface area contributed by atoms with Crippen LogP contribution < -0.4 is 0 Å². The summed E-state index contributed by atoms with van der Waals surface area (Å²) in [6.07, 6.45) is 3.40. The molecular formula is C24H30N4O3. The summed E-state index contributed by atoms with van der Waals surface area (Å²) in [7, 11) is 2.13. The lowest BCUT2D eigenvalue weighted by Crippen LogP contribution is -2.60. The Morgan fingerprint density at radius 2 is 1.90 bits per heavy atom. The van der Waals surface area contributed by atoms with Gasteiger partial charge in [-0.2, -0.15) is 0 Å². The van der Waals surface area contributed by atoms with Gasteiger partial charge in [0.1, 0.15) is 5.60 Å². The number of piperidine rings is 1. The Kier molecular flexibility index (Phi) is 4.32. The maximum absolute atomic E-state index is 12.7. The molecule has 3 aliphatic heterocycles. The molecule has 2 aromatic rings. The highest BCUT2D eigenvalue weighted by atomic mass is 16.6. The minimum absolute atomic E-state index is 0.0709. The predicted octanol–water partition coefficient (Wildman–Crippen LogP) is 2.59. The molecule has 2 amide bonds. The van der Waals surface area contributed by atoms with Crippen molar-refractivity contribution in [1.29, 1.82) is 0 Å². The van der Waals surface area contributed by atoms with Crippen LogP contribution in [-0.2, 0) is 23.1 Å². The molecule has 1 aromatic heterocycles. The van der Waals surface area contributed by atoms with Crippen LogP contribution in [0.4, 0.5) is 4.79 Å². The van der Waals surface area contributed by atoms with Crippen molar-refractivity contribution in [2.75, 3.05) is 32.7 Å². The Hall–Kier alpha value is -2.54. The molecule has 31 heavy (non-hydrogen) atoms. The summed E-state index contributed by atoms with van der Waals surface area (Å²) in [4.78, 5) is 31.5. The van der Waals surface area contributed by atoms with Crippen molar-refractivity contribution in [2.24, 2.45) is 13.0 Å². The van der Waals surface area contributed by atoms with Gasteiger partial charge in [-0.25, -0.2) is 4.79 Å². The van der Waals surface area contributed by atoms with Crippen molar-refractivity contribution in [3.63, 3.8) is 0 Å². The van der Waals surface area contributed by atoms with E-state index >= 15 is 0 Å². The molecule has 1 saturated carbocycles. The van der Waals surface area contributed by atoms with E-state index in [1.165, 1.54) is 16.6 Å². The van der Waals surface area contributed by atoms with Crippen LogP contribution in [0.3, 0.4) is 0 Å². The van der Waals surface area contributed by atoms with E-state index in [9.17, 15) is 9.59 Å². The third-order valence-corrected chi connectivity index (χ3v) is 7.88. The first-order valence-electron chi connectivity index (χ1n) is 11.6. The third kappa shape index (κ3) is 3.13. The van der Waals surface area contributed by atoms with Crippen molar-refractivity contribution in [3.8, 4) is 0 Å². The Morgan fingerprint density at radius 3 is 2.65 bits per heavy atom. The zero-order chi connectivity index (χ0) is 21.2. The zero-order valence-electron chi connectivity index (χ0n) is 18.1. The molecule has 164 valence electrons. The number of piperazine rings is 1. The van der Waals surface area contributed by atoms with E-state index in [-0.39, 0.29) is 18.1 Å². The monoisotopic (exact) mass is 422 g/mol. The van der Waals surface area contributed by atoms with Crippen LogP contribution in [0.15, 0.2) is 30.3 Å². The third-order valence-electron chi connectivity index (χ3n) is 7.88. The first-order valence-corrected chi connectivity index (χ1v) is 11.6. The highest BCUT2D eigenvalue weighted by Gasteiger charge is 2.57. The first-order chi connectivity index (χ1) is 15.0. The van der Waals surface area contributed by atoms with Crippen LogP contribution >= 0.6 is 0 Å². The maximum atomic E-state index is 12.7. The Labute approximate surface area is 182 Å². The van der Waals surface area contributed by atoms with E-state index in [0.29, 0.717) is 25.5 Å². The zero-order valence-corrected chi connectivity index (χ0v) is 18.1. The number of fused-ring (bicyclic) bond motifs is 3. The van der Waals surface area contributed by atoms with Gasteiger partial charge in [0.2, 0.25) is 5.91 Å². The second-order valence-electron chi connectivity index (χ2n) is 9.73. The van der Waals surface area contributed by atoms with Gasteiger partial charge in [-0.15, -0.1) is 0 Å². The molecule has 7 heteroatoms. The summed E-state index contributed by atoms with van der Waals surface area (Å²) in [5, 5.41) is 1.27. The fraction of sp³-hybridized carbons (Fsp3) is 0.583. The lowest BCUT2D eigenvalue weighted by atomic mass is 9.83. The molecule has 3 saturated heterocycles. The van der Waals surface area contributed by atoms with Crippen LogP contribution in [0.25, 0.3) is 10.9 Å². The molecule has 1 unspecified atom stereocenters. The molecule has 1 aromatic carbocycles. The normalized spacial score (nSPS) is 25.8. The number of benzene rings is 1. The number of nitrogens with zero attached hydrogens (tertiary/aromatic N) is 4. The fourth-order valence-corrected chi connectivity index (χ4v) is 5.81. The van der Waals surface area contributed by atoms with Crippen LogP contribution in [0.1, 0.15) is 31.4 Å². The summed E-state index contributed by atoms with van der Waals surface area (Å²) in [6, 6.07) is 10.8. The molecule has 1 atom stereocenters. The summed E-state index contributed by atoms with van der Waals surface area (Å²) in [5.41, 5.74) is 2.09. The van der Waals surface area contributed by atoms with Crippen LogP contribution in [0.5, 0.6) is 0 Å². The molecule has 4 fully saturated rings. The van der Waals surface area contributed by atoms with Crippen LogP contribution in [0, 0.1) is 5.92 Å². The molecule has 4 aliphatic rings. The van der Waals surface area contributed by atoms with Crippen molar-refractivity contribution in [1.82, 2.24) is 19.3 Å². The molecule has 1 aliphatic carbocycles. The SMILES string of the molecule is Cn1c(CN2CCN3C(=O)OC4(CCN(C(=O)C5CC5)CC4)C3C2)cc2ccccc21. The number of likely N-dealkylation sites (tertiary alicyclic amines) is 1. The summed E-state index contributed by atoms with van der Waals surface area (Å²) in [6.45, 7) is 4.66. The summed E-state index contributed by atoms with van der Waals surface area (Å²) in [5.74, 6) is 0.555. The highest BCUT2D eigenvalue weighted by molar-refractivity contribution is 5.82. The van der Waals surface area contributed by atoms with Crippen molar-refractivity contribution in [2.45, 2.75) is 43.9 Å². The largest absolute Gasteiger partial charge is 0.440 e. The van der Waals surface area contributed by atoms with E-state index in [1.54, 1.807) is 0 Å². The lowest BCUT2D eigenvalue weighted by Gasteiger charge is -2.45. The van der Waals surface area contributed by atoms with Crippen molar-refractivity contribution >= 4 is 22.9 Å². The number of hydrogen-bond donors (Lipinski definition) is 0. The number of aryl methyl sites for hydroxylation is 1. The maximum Gasteiger partial charge on any atom is 0.410 e. The van der Waals surface area contributed by atoms with Gasteiger partial charge in [0.05, 0.1) is 6.04 Å². The first kappa shape index (κ1) is 19.2. The smallest absolute Gasteiger partial charge is 0.410 e. The van der Waals surface area contributed by atoms with Gasteiger partial charge in [0, 0.05) is 76.3 Å². The number of hydrogen-bond acceptors (Lipinski definition) is 4. The van der Waals surface area contributed by atoms with Gasteiger partial charge in [-0.3, -0.25) is 14.6 Å². The summed E-state index contributed by atoms with van der Waals surface area (Å²) >= 11 is 0. The minimum atomic E-state index is -0.449. The van der Waals surface area contributed by atoms with Crippen LogP contribution in [-0.4, -0.2) is 75.6 Å². The van der Waals surface area contributed by atoms with Crippen LogP contribution in [0.2, 0.25) is 0 Å². The molecule has 0 radical (unpaired) electrons. The average Bonchev–Trinajstić information content (AvgIpc) is 3.55. The van der Waals surface area contributed by atoms with Gasteiger partial charge < -0.3 is 14.2 Å². The van der Waals surface area contributed by atoms with E-state index in [1.807, 2.05) is 9.80 Å². The quantitative estimate of drug-likeness (QED) is 0.763. The molecule has 4 heterocycles. The minimum Gasteiger partial charge on any atom is -0.440 e. The highest BCUT2D eigenvalue weighted by Crippen LogP contribution is 2.41. The number of para-hydroxylation sites is 1. The van der Waals surface area contributed by atoms with Gasteiger partial charge in [-0.1, -0.05) is 18.2 Å². The Balaban J connectivity index is 1.18. The van der Waals surface area contributed by atoms with Gasteiger partial charge in [0.15, 0.2) is 0 Å². The Morgan fingerprint density at radius 1 is 1.13 bits per heavy atom. The number of ether oxygens (including phenoxy) is 1. The standard InChI is InChI=1S/C24H30N4O3/c1-25-19(14-18-4-2-3-5-20(18)25)15-26-12-13-28-21(16-26)24(31-23(28)30)8-10-27(11-9-24)22(29)17-6-7-17/h2-5,14,17,21H,6-13,15-16H2,1H3. The molecular weight excluding hydrogens is 392 g/mol. The predicted molar refractivity (Wildman–Crippen MR) is 116 cm³/mol. The summed E-state index contributed by atoms with van der Waals surface area (Å²) < 4.78 is 8.30. The van der Waals surface area contributed by atoms with E-state index < -0.39 is 5.60 Å². The number of amides is 2. The van der Waals surface area contributed by atoms with Crippen molar-refractivity contribution in [3.05, 3.63) is 36.0 Å². The number of carbonyl (C=O) groups excluding carboxylic acids is 2. The lowest BCUT2D eigenvalue weighted by molar-refractivity contribution is -0.137. The fourth-order valence-electron chi connectivity index (χ4n) is 5.81.